The minimum absolute atomic E-state index is 0.815. The summed E-state index contributed by atoms with van der Waals surface area (Å²) in [6.45, 7) is 4.13. The van der Waals surface area contributed by atoms with E-state index in [4.69, 9.17) is 0 Å². The van der Waals surface area contributed by atoms with Gasteiger partial charge in [-0.15, -0.1) is 0 Å². The Hall–Kier alpha value is -0.440. The van der Waals surface area contributed by atoms with Crippen LogP contribution in [0.5, 0.6) is 0 Å². The molecule has 0 aliphatic carbocycles. The molecule has 0 atom stereocenters. The molecule has 1 aromatic rings. The van der Waals surface area contributed by atoms with Crippen LogP contribution in [0.2, 0.25) is 0 Å². The van der Waals surface area contributed by atoms with Crippen molar-refractivity contribution in [1.82, 2.24) is 9.97 Å². The molecule has 0 aliphatic rings. The largest absolute Gasteiger partial charge is 0.257 e. The average molecular weight is 215 g/mol. The number of aromatic nitrogens is 2. The van der Waals surface area contributed by atoms with Crippen LogP contribution >= 0.6 is 15.9 Å². The van der Waals surface area contributed by atoms with E-state index in [0.29, 0.717) is 0 Å². The summed E-state index contributed by atoms with van der Waals surface area (Å²) in [4.78, 5) is 8.50. The predicted molar refractivity (Wildman–Crippen MR) is 48.5 cm³/mol. The van der Waals surface area contributed by atoms with E-state index >= 15 is 0 Å². The Bertz CT molecular complexity index is 248. The first-order valence-electron chi connectivity index (χ1n) is 3.72. The van der Waals surface area contributed by atoms with E-state index in [2.05, 4.69) is 32.8 Å². The first-order valence-corrected chi connectivity index (χ1v) is 4.51. The number of aryl methyl sites for hydroxylation is 2. The van der Waals surface area contributed by atoms with Crippen LogP contribution in [0.4, 0.5) is 0 Å². The second-order valence-electron chi connectivity index (χ2n) is 2.47. The Balaban J connectivity index is 2.90. The standard InChI is InChI=1S/C8H11BrN2/c1-3-4-7-6(2)11-8(9)5-10-7/h5H,3-4H2,1-2H3. The van der Waals surface area contributed by atoms with E-state index in [-0.39, 0.29) is 0 Å². The van der Waals surface area contributed by atoms with Crippen LogP contribution in [0.3, 0.4) is 0 Å². The molecule has 0 saturated carbocycles. The van der Waals surface area contributed by atoms with E-state index < -0.39 is 0 Å². The SMILES string of the molecule is CCCc1ncc(Br)nc1C. The van der Waals surface area contributed by atoms with Crippen molar-refractivity contribution < 1.29 is 0 Å². The highest BCUT2D eigenvalue weighted by Gasteiger charge is 1.99. The van der Waals surface area contributed by atoms with Crippen molar-refractivity contribution in [3.05, 3.63) is 22.2 Å². The van der Waals surface area contributed by atoms with E-state index in [0.717, 1.165) is 28.8 Å². The summed E-state index contributed by atoms with van der Waals surface area (Å²) in [5.41, 5.74) is 2.14. The second-order valence-corrected chi connectivity index (χ2v) is 3.29. The smallest absolute Gasteiger partial charge is 0.124 e. The quantitative estimate of drug-likeness (QED) is 0.757. The summed E-state index contributed by atoms with van der Waals surface area (Å²) >= 11 is 3.27. The minimum Gasteiger partial charge on any atom is -0.257 e. The lowest BCUT2D eigenvalue weighted by Gasteiger charge is -2.01. The van der Waals surface area contributed by atoms with E-state index in [9.17, 15) is 0 Å². The van der Waals surface area contributed by atoms with Gasteiger partial charge in [-0.2, -0.15) is 0 Å². The van der Waals surface area contributed by atoms with Crippen molar-refractivity contribution >= 4 is 15.9 Å². The highest BCUT2D eigenvalue weighted by molar-refractivity contribution is 9.10. The number of halogens is 1. The summed E-state index contributed by atoms with van der Waals surface area (Å²) in [5, 5.41) is 0. The molecule has 0 bridgehead atoms. The van der Waals surface area contributed by atoms with Gasteiger partial charge in [0.25, 0.3) is 0 Å². The summed E-state index contributed by atoms with van der Waals surface area (Å²) in [6.07, 6.45) is 3.89. The zero-order valence-electron chi connectivity index (χ0n) is 6.76. The van der Waals surface area contributed by atoms with Gasteiger partial charge in [0.1, 0.15) is 4.60 Å². The second kappa shape index (κ2) is 3.81. The van der Waals surface area contributed by atoms with Crippen molar-refractivity contribution in [2.75, 3.05) is 0 Å². The fraction of sp³-hybridized carbons (Fsp3) is 0.500. The van der Waals surface area contributed by atoms with Crippen LogP contribution in [-0.2, 0) is 6.42 Å². The highest BCUT2D eigenvalue weighted by atomic mass is 79.9. The normalized spacial score (nSPS) is 10.1. The van der Waals surface area contributed by atoms with Gasteiger partial charge >= 0.3 is 0 Å². The Kier molecular flexibility index (Phi) is 3.00. The molecular weight excluding hydrogens is 204 g/mol. The molecule has 0 N–H and O–H groups in total. The average Bonchev–Trinajstić information content (AvgIpc) is 1.95. The lowest BCUT2D eigenvalue weighted by molar-refractivity contribution is 0.848. The Morgan fingerprint density at radius 2 is 2.27 bits per heavy atom. The third-order valence-electron chi connectivity index (χ3n) is 1.51. The third kappa shape index (κ3) is 2.26. The molecule has 0 spiro atoms. The van der Waals surface area contributed by atoms with Crippen LogP contribution in [0.15, 0.2) is 10.8 Å². The summed E-state index contributed by atoms with van der Waals surface area (Å²) < 4.78 is 0.815. The van der Waals surface area contributed by atoms with E-state index in [1.807, 2.05) is 6.92 Å². The van der Waals surface area contributed by atoms with Crippen molar-refractivity contribution in [2.24, 2.45) is 0 Å². The molecule has 0 fully saturated rings. The van der Waals surface area contributed by atoms with E-state index in [1.165, 1.54) is 0 Å². The monoisotopic (exact) mass is 214 g/mol. The number of hydrogen-bond acceptors (Lipinski definition) is 2. The van der Waals surface area contributed by atoms with E-state index in [1.54, 1.807) is 6.20 Å². The predicted octanol–water partition coefficient (Wildman–Crippen LogP) is 2.50. The molecule has 2 nitrogen and oxygen atoms in total. The van der Waals surface area contributed by atoms with Gasteiger partial charge in [-0.25, -0.2) is 4.98 Å². The minimum atomic E-state index is 0.815. The van der Waals surface area contributed by atoms with Crippen molar-refractivity contribution in [3.8, 4) is 0 Å². The van der Waals surface area contributed by atoms with Crippen LogP contribution in [-0.4, -0.2) is 9.97 Å². The van der Waals surface area contributed by atoms with Crippen LogP contribution in [0.1, 0.15) is 24.7 Å². The number of nitrogens with zero attached hydrogens (tertiary/aromatic N) is 2. The molecule has 1 heterocycles. The molecule has 0 saturated heterocycles. The Morgan fingerprint density at radius 3 is 2.82 bits per heavy atom. The van der Waals surface area contributed by atoms with Gasteiger partial charge < -0.3 is 0 Å². The number of hydrogen-bond donors (Lipinski definition) is 0. The van der Waals surface area contributed by atoms with Gasteiger partial charge in [-0.05, 0) is 29.3 Å². The van der Waals surface area contributed by atoms with Gasteiger partial charge in [-0.1, -0.05) is 13.3 Å². The van der Waals surface area contributed by atoms with Gasteiger partial charge in [-0.3, -0.25) is 4.98 Å². The molecule has 11 heavy (non-hydrogen) atoms. The van der Waals surface area contributed by atoms with Crippen molar-refractivity contribution in [2.45, 2.75) is 26.7 Å². The van der Waals surface area contributed by atoms with Gasteiger partial charge in [0.05, 0.1) is 17.6 Å². The van der Waals surface area contributed by atoms with Crippen LogP contribution in [0, 0.1) is 6.92 Å². The third-order valence-corrected chi connectivity index (χ3v) is 1.89. The summed E-state index contributed by atoms with van der Waals surface area (Å²) in [7, 11) is 0. The molecule has 3 heteroatoms. The lowest BCUT2D eigenvalue weighted by atomic mass is 10.2. The van der Waals surface area contributed by atoms with Gasteiger partial charge in [0.2, 0.25) is 0 Å². The molecule has 1 rings (SSSR count). The zero-order valence-corrected chi connectivity index (χ0v) is 8.35. The Labute approximate surface area is 75.2 Å². The lowest BCUT2D eigenvalue weighted by Crippen LogP contribution is -1.96. The van der Waals surface area contributed by atoms with Gasteiger partial charge in [0.15, 0.2) is 0 Å². The maximum atomic E-state index is 4.26. The fourth-order valence-electron chi connectivity index (χ4n) is 0.960. The maximum absolute atomic E-state index is 4.26. The topological polar surface area (TPSA) is 25.8 Å². The van der Waals surface area contributed by atoms with Crippen molar-refractivity contribution in [3.63, 3.8) is 0 Å². The molecule has 0 aliphatic heterocycles. The molecule has 1 aromatic heterocycles. The molecule has 0 radical (unpaired) electrons. The first kappa shape index (κ1) is 8.65. The maximum Gasteiger partial charge on any atom is 0.124 e. The highest BCUT2D eigenvalue weighted by Crippen LogP contribution is 2.09. The number of rotatable bonds is 2. The van der Waals surface area contributed by atoms with Crippen LogP contribution in [0.25, 0.3) is 0 Å². The molecule has 0 amide bonds. The Morgan fingerprint density at radius 1 is 1.55 bits per heavy atom. The van der Waals surface area contributed by atoms with Crippen molar-refractivity contribution in [1.29, 1.82) is 0 Å². The molecule has 0 aromatic carbocycles. The summed E-state index contributed by atoms with van der Waals surface area (Å²) in [6, 6.07) is 0. The fourth-order valence-corrected chi connectivity index (χ4v) is 1.33. The zero-order chi connectivity index (χ0) is 8.27. The molecule has 0 unspecified atom stereocenters. The first-order chi connectivity index (χ1) is 5.24. The van der Waals surface area contributed by atoms with Gasteiger partial charge in [0, 0.05) is 0 Å². The van der Waals surface area contributed by atoms with Crippen LogP contribution < -0.4 is 0 Å². The summed E-state index contributed by atoms with van der Waals surface area (Å²) in [5.74, 6) is 0. The molecule has 60 valence electrons. The molecular formula is C8H11BrN2.